The molecule has 1 aliphatic heterocycles. The number of nitrogens with zero attached hydrogens (tertiary/aromatic N) is 1. The van der Waals surface area contributed by atoms with Gasteiger partial charge in [-0.2, -0.15) is 0 Å². The Morgan fingerprint density at radius 2 is 1.86 bits per heavy atom. The molecule has 1 aromatic heterocycles. The second-order valence-electron chi connectivity index (χ2n) is 8.42. The molecule has 0 unspecified atom stereocenters. The topological polar surface area (TPSA) is 86.6 Å². The molecule has 2 atom stereocenters. The van der Waals surface area contributed by atoms with Gasteiger partial charge in [0.15, 0.2) is 0 Å². The predicted molar refractivity (Wildman–Crippen MR) is 113 cm³/mol. The van der Waals surface area contributed by atoms with Gasteiger partial charge in [0.2, 0.25) is 10.0 Å². The van der Waals surface area contributed by atoms with E-state index in [2.05, 4.69) is 4.72 Å². The lowest BCUT2D eigenvalue weighted by Gasteiger charge is -2.37. The summed E-state index contributed by atoms with van der Waals surface area (Å²) in [4.78, 5) is 12.8. The zero-order chi connectivity index (χ0) is 21.0. The third kappa shape index (κ3) is 5.90. The SMILES string of the molecule is CCOCC1CCC(OC[C@H]2[C@@H](NS(C)(=O)=O)CCc3ccc(C)c(=O)n32)CC1. The van der Waals surface area contributed by atoms with E-state index in [0.29, 0.717) is 30.9 Å². The fourth-order valence-electron chi connectivity index (χ4n) is 4.52. The minimum atomic E-state index is -3.38. The highest BCUT2D eigenvalue weighted by molar-refractivity contribution is 7.88. The van der Waals surface area contributed by atoms with Crippen LogP contribution in [0, 0.1) is 12.8 Å². The zero-order valence-corrected chi connectivity index (χ0v) is 18.5. The minimum Gasteiger partial charge on any atom is -0.381 e. The molecule has 1 N–H and O–H groups in total. The summed E-state index contributed by atoms with van der Waals surface area (Å²) in [7, 11) is -3.38. The summed E-state index contributed by atoms with van der Waals surface area (Å²) in [6.07, 6.45) is 6.75. The number of hydrogen-bond donors (Lipinski definition) is 1. The van der Waals surface area contributed by atoms with Gasteiger partial charge in [0, 0.05) is 30.5 Å². The van der Waals surface area contributed by atoms with E-state index in [1.165, 1.54) is 6.26 Å². The lowest BCUT2D eigenvalue weighted by Crippen LogP contribution is -2.49. The molecule has 2 heterocycles. The van der Waals surface area contributed by atoms with Crippen LogP contribution in [0.25, 0.3) is 0 Å². The van der Waals surface area contributed by atoms with Crippen molar-refractivity contribution in [1.82, 2.24) is 9.29 Å². The molecular formula is C21H34N2O5S. The van der Waals surface area contributed by atoms with Crippen LogP contribution in [0.3, 0.4) is 0 Å². The molecule has 164 valence electrons. The fraction of sp³-hybridized carbons (Fsp3) is 0.762. The predicted octanol–water partition coefficient (Wildman–Crippen LogP) is 2.17. The van der Waals surface area contributed by atoms with E-state index >= 15 is 0 Å². The largest absolute Gasteiger partial charge is 0.381 e. The van der Waals surface area contributed by atoms with Crippen molar-refractivity contribution in [3.05, 3.63) is 33.7 Å². The first-order valence-corrected chi connectivity index (χ1v) is 12.5. The molecule has 1 fully saturated rings. The van der Waals surface area contributed by atoms with E-state index < -0.39 is 10.0 Å². The first-order chi connectivity index (χ1) is 13.8. The Morgan fingerprint density at radius 3 is 2.52 bits per heavy atom. The van der Waals surface area contributed by atoms with Gasteiger partial charge in [0.25, 0.3) is 5.56 Å². The Bertz CT molecular complexity index is 843. The summed E-state index contributed by atoms with van der Waals surface area (Å²) in [6, 6.07) is 3.14. The highest BCUT2D eigenvalue weighted by Crippen LogP contribution is 2.29. The molecule has 29 heavy (non-hydrogen) atoms. The molecular weight excluding hydrogens is 392 g/mol. The number of fused-ring (bicyclic) bond motifs is 1. The molecule has 3 rings (SSSR count). The normalized spacial score (nSPS) is 27.6. The fourth-order valence-corrected chi connectivity index (χ4v) is 5.35. The van der Waals surface area contributed by atoms with Gasteiger partial charge in [-0.15, -0.1) is 0 Å². The lowest BCUT2D eigenvalue weighted by atomic mass is 9.88. The molecule has 0 saturated heterocycles. The Kier molecular flexibility index (Phi) is 7.53. The lowest BCUT2D eigenvalue weighted by molar-refractivity contribution is -0.0160. The van der Waals surface area contributed by atoms with E-state index in [1.54, 1.807) is 11.5 Å². The van der Waals surface area contributed by atoms with E-state index in [9.17, 15) is 13.2 Å². The number of sulfonamides is 1. The van der Waals surface area contributed by atoms with Crippen LogP contribution in [0.1, 0.15) is 56.3 Å². The maximum Gasteiger partial charge on any atom is 0.254 e. The van der Waals surface area contributed by atoms with Crippen molar-refractivity contribution in [2.45, 2.75) is 70.6 Å². The molecule has 0 amide bonds. The average Bonchev–Trinajstić information content (AvgIpc) is 2.68. The van der Waals surface area contributed by atoms with Gasteiger partial charge in [0.05, 0.1) is 25.0 Å². The third-order valence-electron chi connectivity index (χ3n) is 6.12. The van der Waals surface area contributed by atoms with E-state index in [1.807, 2.05) is 19.1 Å². The Balaban J connectivity index is 1.71. The van der Waals surface area contributed by atoms with Gasteiger partial charge in [-0.05, 0) is 64.4 Å². The van der Waals surface area contributed by atoms with Crippen LogP contribution in [-0.2, 0) is 25.9 Å². The van der Waals surface area contributed by atoms with Crippen LogP contribution in [0.2, 0.25) is 0 Å². The molecule has 0 aromatic carbocycles. The molecule has 2 aliphatic rings. The van der Waals surface area contributed by atoms with Crippen LogP contribution < -0.4 is 10.3 Å². The van der Waals surface area contributed by atoms with Crippen molar-refractivity contribution >= 4 is 10.0 Å². The first-order valence-electron chi connectivity index (χ1n) is 10.7. The van der Waals surface area contributed by atoms with Gasteiger partial charge in [-0.25, -0.2) is 13.1 Å². The summed E-state index contributed by atoms with van der Waals surface area (Å²) >= 11 is 0. The monoisotopic (exact) mass is 426 g/mol. The molecule has 0 spiro atoms. The van der Waals surface area contributed by atoms with E-state index in [4.69, 9.17) is 9.47 Å². The summed E-state index contributed by atoms with van der Waals surface area (Å²) in [5.41, 5.74) is 1.55. The third-order valence-corrected chi connectivity index (χ3v) is 6.85. The number of hydrogen-bond acceptors (Lipinski definition) is 5. The van der Waals surface area contributed by atoms with Crippen LogP contribution in [-0.4, -0.2) is 51.2 Å². The molecule has 7 nitrogen and oxygen atoms in total. The minimum absolute atomic E-state index is 0.0588. The van der Waals surface area contributed by atoms with Gasteiger partial charge >= 0.3 is 0 Å². The standard InChI is InChI=1S/C21H34N2O5S/c1-4-27-13-16-6-10-18(11-7-16)28-14-20-19(22-29(3,25)26)12-9-17-8-5-15(2)21(24)23(17)20/h5,8,16,18-20,22H,4,6-7,9-14H2,1-3H3/t16?,18?,19-,20-/m0/s1. The second kappa shape index (κ2) is 9.73. The van der Waals surface area contributed by atoms with Crippen molar-refractivity contribution in [2.75, 3.05) is 26.1 Å². The average molecular weight is 427 g/mol. The number of aromatic nitrogens is 1. The van der Waals surface area contributed by atoms with Crippen LogP contribution in [0.4, 0.5) is 0 Å². The van der Waals surface area contributed by atoms with Crippen molar-refractivity contribution in [3.8, 4) is 0 Å². The van der Waals surface area contributed by atoms with Crippen LogP contribution >= 0.6 is 0 Å². The Hall–Kier alpha value is -1.22. The molecule has 8 heteroatoms. The highest BCUT2D eigenvalue weighted by atomic mass is 32.2. The number of pyridine rings is 1. The van der Waals surface area contributed by atoms with Gasteiger partial charge in [0.1, 0.15) is 0 Å². The molecule has 1 aromatic rings. The van der Waals surface area contributed by atoms with E-state index in [0.717, 1.165) is 44.6 Å². The van der Waals surface area contributed by atoms with Gasteiger partial charge in [-0.1, -0.05) is 6.07 Å². The number of aryl methyl sites for hydroxylation is 2. The maximum atomic E-state index is 12.8. The Morgan fingerprint density at radius 1 is 1.14 bits per heavy atom. The Labute approximate surface area is 173 Å². The van der Waals surface area contributed by atoms with Crippen molar-refractivity contribution in [3.63, 3.8) is 0 Å². The zero-order valence-electron chi connectivity index (χ0n) is 17.7. The first kappa shape index (κ1) is 22.5. The molecule has 1 aliphatic carbocycles. The van der Waals surface area contributed by atoms with Crippen molar-refractivity contribution in [2.24, 2.45) is 5.92 Å². The van der Waals surface area contributed by atoms with Crippen LogP contribution in [0.5, 0.6) is 0 Å². The summed E-state index contributed by atoms with van der Waals surface area (Å²) < 4.78 is 40.0. The number of ether oxygens (including phenoxy) is 2. The molecule has 0 bridgehead atoms. The second-order valence-corrected chi connectivity index (χ2v) is 10.2. The summed E-state index contributed by atoms with van der Waals surface area (Å²) in [5.74, 6) is 0.593. The molecule has 0 radical (unpaired) electrons. The quantitative estimate of drug-likeness (QED) is 0.688. The highest BCUT2D eigenvalue weighted by Gasteiger charge is 2.33. The molecule has 1 saturated carbocycles. The van der Waals surface area contributed by atoms with E-state index in [-0.39, 0.29) is 23.7 Å². The van der Waals surface area contributed by atoms with Crippen molar-refractivity contribution in [1.29, 1.82) is 0 Å². The van der Waals surface area contributed by atoms with Crippen LogP contribution in [0.15, 0.2) is 16.9 Å². The van der Waals surface area contributed by atoms with Gasteiger partial charge in [-0.3, -0.25) is 4.79 Å². The smallest absolute Gasteiger partial charge is 0.254 e. The number of nitrogens with one attached hydrogen (secondary N) is 1. The van der Waals surface area contributed by atoms with Gasteiger partial charge < -0.3 is 14.0 Å². The summed E-state index contributed by atoms with van der Waals surface area (Å²) in [6.45, 7) is 5.71. The maximum absolute atomic E-state index is 12.8. The van der Waals surface area contributed by atoms with Crippen molar-refractivity contribution < 1.29 is 17.9 Å². The number of rotatable bonds is 8. The summed E-state index contributed by atoms with van der Waals surface area (Å²) in [5, 5.41) is 0.